The average Bonchev–Trinajstić information content (AvgIpc) is 2.87. The molecule has 14 heavy (non-hydrogen) atoms. The Bertz CT molecular complexity index is 252. The fourth-order valence-corrected chi connectivity index (χ4v) is 1.82. The first-order valence-electron chi connectivity index (χ1n) is 5.32. The van der Waals surface area contributed by atoms with Gasteiger partial charge in [-0.05, 0) is 37.9 Å². The van der Waals surface area contributed by atoms with Crippen LogP contribution in [0.15, 0.2) is 18.3 Å². The van der Waals surface area contributed by atoms with E-state index in [0.29, 0.717) is 5.92 Å². The molecule has 0 bridgehead atoms. The molecule has 2 atom stereocenters. The van der Waals surface area contributed by atoms with E-state index in [-0.39, 0.29) is 6.10 Å². The van der Waals surface area contributed by atoms with Crippen LogP contribution >= 0.6 is 0 Å². The molecule has 0 spiro atoms. The molecule has 0 unspecified atom stereocenters. The fourth-order valence-electron chi connectivity index (χ4n) is 1.82. The van der Waals surface area contributed by atoms with E-state index in [1.807, 2.05) is 12.3 Å². The van der Waals surface area contributed by atoms with Crippen molar-refractivity contribution in [1.29, 1.82) is 0 Å². The van der Waals surface area contributed by atoms with Crippen LogP contribution in [0.5, 0.6) is 0 Å². The van der Waals surface area contributed by atoms with Gasteiger partial charge in [-0.15, -0.1) is 0 Å². The molecule has 3 heteroatoms. The van der Waals surface area contributed by atoms with Gasteiger partial charge in [-0.25, -0.2) is 0 Å². The molecule has 1 aliphatic heterocycles. The molecule has 1 aromatic heterocycles. The highest BCUT2D eigenvalue weighted by molar-refractivity contribution is 5.06. The molecule has 0 saturated carbocycles. The van der Waals surface area contributed by atoms with Gasteiger partial charge >= 0.3 is 0 Å². The van der Waals surface area contributed by atoms with Crippen LogP contribution in [0, 0.1) is 5.92 Å². The normalized spacial score (nSPS) is 23.9. The van der Waals surface area contributed by atoms with Crippen LogP contribution in [-0.4, -0.2) is 24.7 Å². The summed E-state index contributed by atoms with van der Waals surface area (Å²) < 4.78 is 5.80. The summed E-state index contributed by atoms with van der Waals surface area (Å²) in [6, 6.07) is 4.07. The van der Waals surface area contributed by atoms with Gasteiger partial charge in [0, 0.05) is 18.4 Å². The minimum Gasteiger partial charge on any atom is -0.372 e. The molecule has 0 aromatic carbocycles. The number of aromatic amines is 1. The maximum atomic E-state index is 5.80. The SMILES string of the molecule is C[C@@H](OC[C@@H]1CCNC1)c1ccc[nH]1. The molecule has 3 nitrogen and oxygen atoms in total. The number of nitrogens with one attached hydrogen (secondary N) is 2. The summed E-state index contributed by atoms with van der Waals surface area (Å²) in [5.74, 6) is 0.701. The molecule has 1 saturated heterocycles. The maximum Gasteiger partial charge on any atom is 0.0944 e. The number of hydrogen-bond acceptors (Lipinski definition) is 2. The van der Waals surface area contributed by atoms with E-state index in [1.54, 1.807) is 0 Å². The van der Waals surface area contributed by atoms with Gasteiger partial charge in [-0.3, -0.25) is 0 Å². The van der Waals surface area contributed by atoms with E-state index in [4.69, 9.17) is 4.74 Å². The lowest BCUT2D eigenvalue weighted by Crippen LogP contribution is -2.15. The van der Waals surface area contributed by atoms with Gasteiger partial charge < -0.3 is 15.0 Å². The van der Waals surface area contributed by atoms with Gasteiger partial charge in [0.25, 0.3) is 0 Å². The van der Waals surface area contributed by atoms with Gasteiger partial charge in [0.2, 0.25) is 0 Å². The second-order valence-corrected chi connectivity index (χ2v) is 3.96. The third-order valence-corrected chi connectivity index (χ3v) is 2.80. The zero-order valence-electron chi connectivity index (χ0n) is 8.62. The highest BCUT2D eigenvalue weighted by Gasteiger charge is 2.16. The Kier molecular flexibility index (Phi) is 3.22. The van der Waals surface area contributed by atoms with Gasteiger partial charge in [0.05, 0.1) is 12.7 Å². The Hall–Kier alpha value is -0.800. The maximum absolute atomic E-state index is 5.80. The predicted octanol–water partition coefficient (Wildman–Crippen LogP) is 1.70. The summed E-state index contributed by atoms with van der Waals surface area (Å²) >= 11 is 0. The van der Waals surface area contributed by atoms with E-state index >= 15 is 0 Å². The Morgan fingerprint density at radius 3 is 3.21 bits per heavy atom. The first-order chi connectivity index (χ1) is 6.86. The number of H-pyrrole nitrogens is 1. The molecule has 2 N–H and O–H groups in total. The van der Waals surface area contributed by atoms with E-state index in [2.05, 4.69) is 23.3 Å². The van der Waals surface area contributed by atoms with E-state index in [0.717, 1.165) is 25.4 Å². The van der Waals surface area contributed by atoms with Crippen molar-refractivity contribution in [3.05, 3.63) is 24.0 Å². The Morgan fingerprint density at radius 1 is 1.64 bits per heavy atom. The van der Waals surface area contributed by atoms with Crippen LogP contribution in [0.25, 0.3) is 0 Å². The number of rotatable bonds is 4. The molecule has 2 heterocycles. The Balaban J connectivity index is 1.74. The minimum absolute atomic E-state index is 0.186. The van der Waals surface area contributed by atoms with E-state index in [9.17, 15) is 0 Å². The van der Waals surface area contributed by atoms with Crippen LogP contribution in [-0.2, 0) is 4.74 Å². The highest BCUT2D eigenvalue weighted by Crippen LogP contribution is 2.17. The molecule has 0 radical (unpaired) electrons. The van der Waals surface area contributed by atoms with Gasteiger partial charge in [0.1, 0.15) is 0 Å². The predicted molar refractivity (Wildman–Crippen MR) is 56.1 cm³/mol. The lowest BCUT2D eigenvalue weighted by Gasteiger charge is -2.14. The van der Waals surface area contributed by atoms with Gasteiger partial charge in [-0.1, -0.05) is 0 Å². The quantitative estimate of drug-likeness (QED) is 0.765. The molecule has 0 aliphatic carbocycles. The van der Waals surface area contributed by atoms with Crippen LogP contribution in [0.2, 0.25) is 0 Å². The lowest BCUT2D eigenvalue weighted by molar-refractivity contribution is 0.0413. The van der Waals surface area contributed by atoms with E-state index in [1.165, 1.54) is 6.42 Å². The summed E-state index contributed by atoms with van der Waals surface area (Å²) in [4.78, 5) is 3.17. The number of aromatic nitrogens is 1. The highest BCUT2D eigenvalue weighted by atomic mass is 16.5. The molecule has 0 amide bonds. The van der Waals surface area contributed by atoms with Crippen LogP contribution in [0.3, 0.4) is 0 Å². The monoisotopic (exact) mass is 194 g/mol. The molecule has 1 aromatic rings. The van der Waals surface area contributed by atoms with Crippen molar-refractivity contribution in [2.24, 2.45) is 5.92 Å². The Morgan fingerprint density at radius 2 is 2.57 bits per heavy atom. The number of hydrogen-bond donors (Lipinski definition) is 2. The van der Waals surface area contributed by atoms with Crippen molar-refractivity contribution in [3.63, 3.8) is 0 Å². The Labute approximate surface area is 84.9 Å². The van der Waals surface area contributed by atoms with Crippen molar-refractivity contribution in [1.82, 2.24) is 10.3 Å². The molecule has 2 rings (SSSR count). The fraction of sp³-hybridized carbons (Fsp3) is 0.636. The van der Waals surface area contributed by atoms with Crippen molar-refractivity contribution >= 4 is 0 Å². The van der Waals surface area contributed by atoms with Crippen LogP contribution in [0.1, 0.15) is 25.1 Å². The second-order valence-electron chi connectivity index (χ2n) is 3.96. The zero-order chi connectivity index (χ0) is 9.80. The summed E-state index contributed by atoms with van der Waals surface area (Å²) in [6.45, 7) is 5.21. The summed E-state index contributed by atoms with van der Waals surface area (Å²) in [6.07, 6.45) is 3.37. The molecular weight excluding hydrogens is 176 g/mol. The molecule has 1 fully saturated rings. The smallest absolute Gasteiger partial charge is 0.0944 e. The van der Waals surface area contributed by atoms with Crippen LogP contribution in [0.4, 0.5) is 0 Å². The molecule has 1 aliphatic rings. The third kappa shape index (κ3) is 2.36. The van der Waals surface area contributed by atoms with Crippen molar-refractivity contribution in [2.75, 3.05) is 19.7 Å². The lowest BCUT2D eigenvalue weighted by atomic mass is 10.1. The standard InChI is InChI=1S/C11H18N2O/c1-9(11-3-2-5-13-11)14-8-10-4-6-12-7-10/h2-3,5,9-10,12-13H,4,6-8H2,1H3/t9-,10-/m1/s1. The van der Waals surface area contributed by atoms with Crippen molar-refractivity contribution < 1.29 is 4.74 Å². The van der Waals surface area contributed by atoms with Crippen molar-refractivity contribution in [3.8, 4) is 0 Å². The topological polar surface area (TPSA) is 37.0 Å². The summed E-state index contributed by atoms with van der Waals surface area (Å²) in [5, 5.41) is 3.34. The van der Waals surface area contributed by atoms with E-state index < -0.39 is 0 Å². The third-order valence-electron chi connectivity index (χ3n) is 2.80. The summed E-state index contributed by atoms with van der Waals surface area (Å²) in [7, 11) is 0. The first-order valence-corrected chi connectivity index (χ1v) is 5.32. The number of ether oxygens (including phenoxy) is 1. The van der Waals surface area contributed by atoms with Crippen molar-refractivity contribution in [2.45, 2.75) is 19.4 Å². The minimum atomic E-state index is 0.186. The molecule has 78 valence electrons. The van der Waals surface area contributed by atoms with Gasteiger partial charge in [0.15, 0.2) is 0 Å². The van der Waals surface area contributed by atoms with Gasteiger partial charge in [-0.2, -0.15) is 0 Å². The first kappa shape index (κ1) is 9.74. The molecular formula is C11H18N2O. The largest absolute Gasteiger partial charge is 0.372 e. The van der Waals surface area contributed by atoms with Crippen LogP contribution < -0.4 is 5.32 Å². The summed E-state index contributed by atoms with van der Waals surface area (Å²) in [5.41, 5.74) is 1.16. The second kappa shape index (κ2) is 4.62. The average molecular weight is 194 g/mol. The zero-order valence-corrected chi connectivity index (χ0v) is 8.62.